The van der Waals surface area contributed by atoms with Gasteiger partial charge in [-0.3, -0.25) is 23.5 Å². The van der Waals surface area contributed by atoms with Crippen LogP contribution in [0.2, 0.25) is 0 Å². The van der Waals surface area contributed by atoms with Gasteiger partial charge in [-0.2, -0.15) is 4.39 Å². The van der Waals surface area contributed by atoms with Crippen LogP contribution >= 0.6 is 0 Å². The van der Waals surface area contributed by atoms with Crippen LogP contribution in [0.4, 0.5) is 14.0 Å². The molecule has 1 rings (SSSR count). The molecule has 14 nitrogen and oxygen atoms in total. The van der Waals surface area contributed by atoms with E-state index in [1.165, 1.54) is 0 Å². The topological polar surface area (TPSA) is 173 Å². The number of aromatic nitrogens is 2. The summed E-state index contributed by atoms with van der Waals surface area (Å²) in [5.41, 5.74) is -3.70. The Morgan fingerprint density at radius 1 is 0.865 bits per heavy atom. The standard InChI is InChI=1S/C22H33FN4O10/c1-21(2,3)36-18(31)24-10-15(28)34-9-7-8-27-17(30)14(23)12-26(20(27)33)13-35-16(29)11-25-19(32)37-22(4,5)6/h12H,7-11,13H2,1-6H3,(H,24,31)(H,25,32). The minimum Gasteiger partial charge on any atom is -0.464 e. The van der Waals surface area contributed by atoms with Gasteiger partial charge >= 0.3 is 29.8 Å². The van der Waals surface area contributed by atoms with Gasteiger partial charge in [0.05, 0.1) is 12.8 Å². The zero-order valence-corrected chi connectivity index (χ0v) is 21.7. The van der Waals surface area contributed by atoms with Crippen LogP contribution in [0.15, 0.2) is 15.8 Å². The summed E-state index contributed by atoms with van der Waals surface area (Å²) in [4.78, 5) is 71.1. The van der Waals surface area contributed by atoms with Gasteiger partial charge in [-0.25, -0.2) is 14.4 Å². The Hall–Kier alpha value is -3.91. The molecule has 0 spiro atoms. The molecule has 0 aliphatic heterocycles. The van der Waals surface area contributed by atoms with Crippen LogP contribution in [0.1, 0.15) is 48.0 Å². The normalized spacial score (nSPS) is 11.3. The Morgan fingerprint density at radius 2 is 1.35 bits per heavy atom. The SMILES string of the molecule is CC(C)(C)OC(=O)NCC(=O)OCCCn1c(=O)c(F)cn(COC(=O)CNC(=O)OC(C)(C)C)c1=O. The van der Waals surface area contributed by atoms with E-state index in [1.807, 2.05) is 0 Å². The number of esters is 2. The molecule has 15 heteroatoms. The minimum atomic E-state index is -1.28. The number of carbonyl (C=O) groups is 4. The zero-order valence-electron chi connectivity index (χ0n) is 21.7. The predicted octanol–water partition coefficient (Wildman–Crippen LogP) is 0.633. The Labute approximate surface area is 212 Å². The first-order valence-corrected chi connectivity index (χ1v) is 11.2. The quantitative estimate of drug-likeness (QED) is 0.247. The van der Waals surface area contributed by atoms with Crippen LogP contribution in [0.3, 0.4) is 0 Å². The highest BCUT2D eigenvalue weighted by Crippen LogP contribution is 2.07. The molecule has 0 aromatic carbocycles. The fourth-order valence-electron chi connectivity index (χ4n) is 2.48. The van der Waals surface area contributed by atoms with Crippen LogP contribution < -0.4 is 21.9 Å². The van der Waals surface area contributed by atoms with E-state index in [-0.39, 0.29) is 19.6 Å². The van der Waals surface area contributed by atoms with Crippen molar-refractivity contribution >= 4 is 24.1 Å². The van der Waals surface area contributed by atoms with Gasteiger partial charge in [0.15, 0.2) is 6.73 Å². The fraction of sp³-hybridized carbons (Fsp3) is 0.636. The molecule has 0 aliphatic carbocycles. The summed E-state index contributed by atoms with van der Waals surface area (Å²) in [6.45, 7) is 7.56. The molecule has 2 amide bonds. The number of carbonyl (C=O) groups excluding carboxylic acids is 4. The molecular weight excluding hydrogens is 499 g/mol. The van der Waals surface area contributed by atoms with E-state index < -0.39 is 72.2 Å². The first-order valence-electron chi connectivity index (χ1n) is 11.2. The van der Waals surface area contributed by atoms with Crippen molar-refractivity contribution in [1.82, 2.24) is 19.8 Å². The van der Waals surface area contributed by atoms with Crippen molar-refractivity contribution in [2.24, 2.45) is 0 Å². The van der Waals surface area contributed by atoms with Crippen molar-refractivity contribution in [3.8, 4) is 0 Å². The van der Waals surface area contributed by atoms with E-state index in [0.29, 0.717) is 15.3 Å². The lowest BCUT2D eigenvalue weighted by atomic mass is 10.2. The first-order chi connectivity index (χ1) is 17.0. The number of nitrogens with zero attached hydrogens (tertiary/aromatic N) is 2. The number of hydrogen-bond donors (Lipinski definition) is 2. The molecule has 0 aliphatic rings. The van der Waals surface area contributed by atoms with Crippen molar-refractivity contribution in [2.75, 3.05) is 19.7 Å². The lowest BCUT2D eigenvalue weighted by Crippen LogP contribution is -2.42. The van der Waals surface area contributed by atoms with Gasteiger partial charge in [0.2, 0.25) is 5.82 Å². The van der Waals surface area contributed by atoms with Gasteiger partial charge in [-0.05, 0) is 48.0 Å². The van der Waals surface area contributed by atoms with E-state index in [2.05, 4.69) is 10.6 Å². The van der Waals surface area contributed by atoms with E-state index in [4.69, 9.17) is 18.9 Å². The molecule has 0 unspecified atom stereocenters. The highest BCUT2D eigenvalue weighted by molar-refractivity contribution is 5.78. The second-order valence-corrected chi connectivity index (χ2v) is 9.62. The molecule has 37 heavy (non-hydrogen) atoms. The fourth-order valence-corrected chi connectivity index (χ4v) is 2.48. The third-order valence-corrected chi connectivity index (χ3v) is 3.90. The molecule has 0 saturated heterocycles. The Kier molecular flexibility index (Phi) is 11.3. The molecule has 0 bridgehead atoms. The highest BCUT2D eigenvalue weighted by atomic mass is 19.1. The molecule has 0 radical (unpaired) electrons. The van der Waals surface area contributed by atoms with Crippen molar-refractivity contribution in [2.45, 2.75) is 72.4 Å². The van der Waals surface area contributed by atoms with Crippen LogP contribution in [0.25, 0.3) is 0 Å². The summed E-state index contributed by atoms with van der Waals surface area (Å²) in [6.07, 6.45) is -1.12. The molecule has 208 valence electrons. The van der Waals surface area contributed by atoms with Crippen LogP contribution in [-0.4, -0.2) is 64.2 Å². The Morgan fingerprint density at radius 3 is 1.84 bits per heavy atom. The van der Waals surface area contributed by atoms with Gasteiger partial charge in [-0.1, -0.05) is 0 Å². The number of nitrogens with one attached hydrogen (secondary N) is 2. The lowest BCUT2D eigenvalue weighted by molar-refractivity contribution is -0.146. The van der Waals surface area contributed by atoms with Crippen molar-refractivity contribution in [3.63, 3.8) is 0 Å². The maximum atomic E-state index is 14.0. The average Bonchev–Trinajstić information content (AvgIpc) is 2.75. The van der Waals surface area contributed by atoms with Gasteiger partial charge in [0.25, 0.3) is 5.56 Å². The molecule has 2 N–H and O–H groups in total. The lowest BCUT2D eigenvalue weighted by Gasteiger charge is -2.19. The van der Waals surface area contributed by atoms with Crippen molar-refractivity contribution < 1.29 is 42.5 Å². The molecule has 0 saturated carbocycles. The number of halogens is 1. The van der Waals surface area contributed by atoms with E-state index >= 15 is 0 Å². The zero-order chi connectivity index (χ0) is 28.4. The second kappa shape index (κ2) is 13.4. The summed E-state index contributed by atoms with van der Waals surface area (Å²) < 4.78 is 34.9. The monoisotopic (exact) mass is 532 g/mol. The van der Waals surface area contributed by atoms with Crippen LogP contribution in [-0.2, 0) is 41.8 Å². The third-order valence-electron chi connectivity index (χ3n) is 3.90. The largest absolute Gasteiger partial charge is 0.464 e. The van der Waals surface area contributed by atoms with Gasteiger partial charge in [0, 0.05) is 6.54 Å². The first kappa shape index (κ1) is 31.1. The molecule has 1 heterocycles. The van der Waals surface area contributed by atoms with E-state index in [1.54, 1.807) is 41.5 Å². The molecule has 1 aromatic heterocycles. The third kappa shape index (κ3) is 12.6. The molecule has 0 atom stereocenters. The van der Waals surface area contributed by atoms with E-state index in [9.17, 15) is 33.2 Å². The van der Waals surface area contributed by atoms with E-state index in [0.717, 1.165) is 0 Å². The average molecular weight is 533 g/mol. The second-order valence-electron chi connectivity index (χ2n) is 9.62. The van der Waals surface area contributed by atoms with Crippen LogP contribution in [0.5, 0.6) is 0 Å². The number of hydrogen-bond acceptors (Lipinski definition) is 10. The Balaban J connectivity index is 2.58. The summed E-state index contributed by atoms with van der Waals surface area (Å²) in [5, 5.41) is 4.38. The summed E-state index contributed by atoms with van der Waals surface area (Å²) in [7, 11) is 0. The smallest absolute Gasteiger partial charge is 0.408 e. The van der Waals surface area contributed by atoms with Gasteiger partial charge in [-0.15, -0.1) is 0 Å². The molecule has 0 fully saturated rings. The molecule has 1 aromatic rings. The molecular formula is C22H33FN4O10. The van der Waals surface area contributed by atoms with Gasteiger partial charge < -0.3 is 29.6 Å². The number of amides is 2. The summed E-state index contributed by atoms with van der Waals surface area (Å²) in [6, 6.07) is 0. The number of alkyl carbamates (subject to hydrolysis) is 2. The van der Waals surface area contributed by atoms with Gasteiger partial charge in [0.1, 0.15) is 24.3 Å². The highest BCUT2D eigenvalue weighted by Gasteiger charge is 2.18. The maximum Gasteiger partial charge on any atom is 0.408 e. The van der Waals surface area contributed by atoms with Crippen molar-refractivity contribution in [1.29, 1.82) is 0 Å². The van der Waals surface area contributed by atoms with Crippen molar-refractivity contribution in [3.05, 3.63) is 32.9 Å². The summed E-state index contributed by atoms with van der Waals surface area (Å²) >= 11 is 0. The minimum absolute atomic E-state index is 0.0314. The predicted molar refractivity (Wildman–Crippen MR) is 125 cm³/mol. The number of rotatable bonds is 10. The number of ether oxygens (including phenoxy) is 4. The van der Waals surface area contributed by atoms with Crippen LogP contribution in [0, 0.1) is 5.82 Å². The maximum absolute atomic E-state index is 14.0. The Bertz CT molecular complexity index is 1100. The summed E-state index contributed by atoms with van der Waals surface area (Å²) in [5.74, 6) is -3.01.